The monoisotopic (exact) mass is 329 g/mol. The minimum Gasteiger partial charge on any atom is -0.275 e. The van der Waals surface area contributed by atoms with Crippen LogP contribution in [-0.2, 0) is 23.6 Å². The van der Waals surface area contributed by atoms with Crippen molar-refractivity contribution in [2.75, 3.05) is 0 Å². The molecule has 1 aromatic carbocycles. The molecule has 0 radical (unpaired) electrons. The number of aromatic nitrogens is 2. The Morgan fingerprint density at radius 3 is 2.72 bits per heavy atom. The van der Waals surface area contributed by atoms with Gasteiger partial charge in [0.05, 0.1) is 11.1 Å². The average Bonchev–Trinajstić information content (AvgIpc) is 2.73. The van der Waals surface area contributed by atoms with Crippen LogP contribution in [0.2, 0.25) is 0 Å². The fourth-order valence-electron chi connectivity index (χ4n) is 1.48. The zero-order chi connectivity index (χ0) is 13.2. The van der Waals surface area contributed by atoms with Crippen LogP contribution in [0.4, 0.5) is 0 Å². The minimum absolute atomic E-state index is 0.220. The number of halogens is 1. The molecular formula is C11H12BrN3O2S. The zero-order valence-corrected chi connectivity index (χ0v) is 12.1. The summed E-state index contributed by atoms with van der Waals surface area (Å²) in [7, 11) is -1.73. The van der Waals surface area contributed by atoms with Gasteiger partial charge in [-0.15, -0.1) is 0 Å². The van der Waals surface area contributed by atoms with E-state index in [0.29, 0.717) is 4.47 Å². The van der Waals surface area contributed by atoms with Crippen molar-refractivity contribution in [2.24, 2.45) is 7.05 Å². The number of rotatable bonds is 4. The van der Waals surface area contributed by atoms with Crippen molar-refractivity contribution in [3.05, 3.63) is 46.7 Å². The van der Waals surface area contributed by atoms with Crippen LogP contribution in [0.3, 0.4) is 0 Å². The van der Waals surface area contributed by atoms with Gasteiger partial charge in [-0.3, -0.25) is 4.68 Å². The molecule has 18 heavy (non-hydrogen) atoms. The van der Waals surface area contributed by atoms with Crippen LogP contribution in [0.1, 0.15) is 5.56 Å². The largest absolute Gasteiger partial charge is 0.275 e. The SMILES string of the molecule is Cn1cc(CNS(=O)(=O)c2ccccc2Br)cn1. The van der Waals surface area contributed by atoms with Crippen LogP contribution in [0.25, 0.3) is 0 Å². The van der Waals surface area contributed by atoms with Gasteiger partial charge in [0.1, 0.15) is 0 Å². The van der Waals surface area contributed by atoms with E-state index >= 15 is 0 Å². The summed E-state index contributed by atoms with van der Waals surface area (Å²) in [6.07, 6.45) is 3.39. The van der Waals surface area contributed by atoms with Gasteiger partial charge in [0, 0.05) is 29.8 Å². The first-order valence-electron chi connectivity index (χ1n) is 5.21. The molecule has 0 atom stereocenters. The van der Waals surface area contributed by atoms with E-state index in [-0.39, 0.29) is 11.4 Å². The second-order valence-corrected chi connectivity index (χ2v) is 6.37. The second kappa shape index (κ2) is 5.21. The fraction of sp³-hybridized carbons (Fsp3) is 0.182. The number of aryl methyl sites for hydroxylation is 1. The molecule has 0 spiro atoms. The molecule has 1 heterocycles. The van der Waals surface area contributed by atoms with E-state index in [4.69, 9.17) is 0 Å². The minimum atomic E-state index is -3.51. The van der Waals surface area contributed by atoms with Gasteiger partial charge < -0.3 is 0 Å². The number of hydrogen-bond donors (Lipinski definition) is 1. The zero-order valence-electron chi connectivity index (χ0n) is 9.67. The maximum Gasteiger partial charge on any atom is 0.241 e. The van der Waals surface area contributed by atoms with Gasteiger partial charge in [0.2, 0.25) is 10.0 Å². The summed E-state index contributed by atoms with van der Waals surface area (Å²) in [6, 6.07) is 6.70. The van der Waals surface area contributed by atoms with Crippen LogP contribution < -0.4 is 4.72 Å². The molecule has 0 saturated carbocycles. The number of nitrogens with zero attached hydrogens (tertiary/aromatic N) is 2. The van der Waals surface area contributed by atoms with Gasteiger partial charge in [0.25, 0.3) is 0 Å². The molecule has 5 nitrogen and oxygen atoms in total. The van der Waals surface area contributed by atoms with Gasteiger partial charge in [-0.25, -0.2) is 13.1 Å². The summed E-state index contributed by atoms with van der Waals surface area (Å²) in [5.41, 5.74) is 0.813. The first-order chi connectivity index (χ1) is 8.49. The maximum atomic E-state index is 12.1. The molecule has 0 unspecified atom stereocenters. The predicted molar refractivity (Wildman–Crippen MR) is 71.4 cm³/mol. The number of sulfonamides is 1. The normalized spacial score (nSPS) is 11.7. The topological polar surface area (TPSA) is 64.0 Å². The highest BCUT2D eigenvalue weighted by Crippen LogP contribution is 2.20. The van der Waals surface area contributed by atoms with Crippen LogP contribution in [-0.4, -0.2) is 18.2 Å². The smallest absolute Gasteiger partial charge is 0.241 e. The quantitative estimate of drug-likeness (QED) is 0.927. The molecule has 0 amide bonds. The molecule has 0 aliphatic rings. The lowest BCUT2D eigenvalue weighted by molar-refractivity contribution is 0.581. The van der Waals surface area contributed by atoms with Crippen LogP contribution in [0.15, 0.2) is 46.0 Å². The Bertz CT molecular complexity index is 652. The van der Waals surface area contributed by atoms with E-state index in [2.05, 4.69) is 25.8 Å². The number of nitrogens with one attached hydrogen (secondary N) is 1. The van der Waals surface area contributed by atoms with Crippen LogP contribution in [0.5, 0.6) is 0 Å². The molecule has 0 bridgehead atoms. The Hall–Kier alpha value is -1.18. The lowest BCUT2D eigenvalue weighted by Gasteiger charge is -2.07. The van der Waals surface area contributed by atoms with Crippen molar-refractivity contribution in [3.63, 3.8) is 0 Å². The molecule has 0 fully saturated rings. The second-order valence-electron chi connectivity index (χ2n) is 3.78. The molecule has 7 heteroatoms. The Morgan fingerprint density at radius 1 is 1.39 bits per heavy atom. The first kappa shape index (κ1) is 13.3. The third kappa shape index (κ3) is 2.98. The first-order valence-corrected chi connectivity index (χ1v) is 7.48. The van der Waals surface area contributed by atoms with E-state index < -0.39 is 10.0 Å². The fourth-order valence-corrected chi connectivity index (χ4v) is 3.50. The predicted octanol–water partition coefficient (Wildman–Crippen LogP) is 1.66. The summed E-state index contributed by atoms with van der Waals surface area (Å²) >= 11 is 3.23. The number of benzene rings is 1. The molecular weight excluding hydrogens is 318 g/mol. The van der Waals surface area contributed by atoms with Crippen molar-refractivity contribution in [2.45, 2.75) is 11.4 Å². The Labute approximate surface area is 114 Å². The summed E-state index contributed by atoms with van der Waals surface area (Å²) in [5, 5.41) is 3.98. The molecule has 1 N–H and O–H groups in total. The van der Waals surface area contributed by atoms with Gasteiger partial charge >= 0.3 is 0 Å². The van der Waals surface area contributed by atoms with Gasteiger partial charge in [-0.1, -0.05) is 12.1 Å². The van der Waals surface area contributed by atoms with Crippen molar-refractivity contribution >= 4 is 26.0 Å². The van der Waals surface area contributed by atoms with E-state index in [1.54, 1.807) is 48.4 Å². The summed E-state index contributed by atoms with van der Waals surface area (Å²) in [4.78, 5) is 0.230. The Morgan fingerprint density at radius 2 is 2.11 bits per heavy atom. The summed E-state index contributed by atoms with van der Waals surface area (Å²) in [6.45, 7) is 0.220. The van der Waals surface area contributed by atoms with Crippen LogP contribution >= 0.6 is 15.9 Å². The summed E-state index contributed by atoms with van der Waals surface area (Å²) < 4.78 is 28.8. The van der Waals surface area contributed by atoms with E-state index in [1.807, 2.05) is 0 Å². The molecule has 1 aromatic heterocycles. The maximum absolute atomic E-state index is 12.1. The van der Waals surface area contributed by atoms with Crippen molar-refractivity contribution in [3.8, 4) is 0 Å². The van der Waals surface area contributed by atoms with Crippen molar-refractivity contribution in [1.82, 2.24) is 14.5 Å². The molecule has 0 aliphatic carbocycles. The highest BCUT2D eigenvalue weighted by atomic mass is 79.9. The molecule has 2 rings (SSSR count). The number of hydrogen-bond acceptors (Lipinski definition) is 3. The highest BCUT2D eigenvalue weighted by molar-refractivity contribution is 9.10. The lowest BCUT2D eigenvalue weighted by Crippen LogP contribution is -2.23. The van der Waals surface area contributed by atoms with Gasteiger partial charge in [-0.2, -0.15) is 5.10 Å². The molecule has 0 saturated heterocycles. The third-order valence-corrected chi connectivity index (χ3v) is 4.76. The van der Waals surface area contributed by atoms with Gasteiger partial charge in [-0.05, 0) is 28.1 Å². The lowest BCUT2D eigenvalue weighted by atomic mass is 10.4. The third-order valence-electron chi connectivity index (χ3n) is 2.35. The van der Waals surface area contributed by atoms with Gasteiger partial charge in [0.15, 0.2) is 0 Å². The van der Waals surface area contributed by atoms with E-state index in [0.717, 1.165) is 5.56 Å². The summed E-state index contributed by atoms with van der Waals surface area (Å²) in [5.74, 6) is 0. The Kier molecular flexibility index (Phi) is 3.84. The highest BCUT2D eigenvalue weighted by Gasteiger charge is 2.16. The molecule has 96 valence electrons. The molecule has 2 aromatic rings. The average molecular weight is 330 g/mol. The molecule has 0 aliphatic heterocycles. The standard InChI is InChI=1S/C11H12BrN3O2S/c1-15-8-9(6-13-15)7-14-18(16,17)11-5-3-2-4-10(11)12/h2-6,8,14H,7H2,1H3. The van der Waals surface area contributed by atoms with E-state index in [1.165, 1.54) is 0 Å². The van der Waals surface area contributed by atoms with Crippen molar-refractivity contribution in [1.29, 1.82) is 0 Å². The van der Waals surface area contributed by atoms with Crippen LogP contribution in [0, 0.1) is 0 Å². The Balaban J connectivity index is 2.16. The van der Waals surface area contributed by atoms with E-state index in [9.17, 15) is 8.42 Å². The van der Waals surface area contributed by atoms with Crippen molar-refractivity contribution < 1.29 is 8.42 Å².